The van der Waals surface area contributed by atoms with Gasteiger partial charge in [-0.3, -0.25) is 0 Å². The molecule has 0 aliphatic rings. The maximum atomic E-state index is 13.7. The van der Waals surface area contributed by atoms with E-state index in [0.29, 0.717) is 0 Å². The molecule has 1 heterocycles. The number of hydrogen-bond acceptors (Lipinski definition) is 6. The van der Waals surface area contributed by atoms with Gasteiger partial charge in [0.15, 0.2) is 9.84 Å². The molecule has 21 heavy (non-hydrogen) atoms. The number of anilines is 1. The van der Waals surface area contributed by atoms with Crippen molar-refractivity contribution in [3.8, 4) is 0 Å². The van der Waals surface area contributed by atoms with Crippen LogP contribution in [0.15, 0.2) is 46.5 Å². The van der Waals surface area contributed by atoms with Crippen molar-refractivity contribution in [1.82, 2.24) is 9.97 Å². The van der Waals surface area contributed by atoms with Crippen LogP contribution in [0.5, 0.6) is 0 Å². The molecule has 1 aromatic heterocycles. The van der Waals surface area contributed by atoms with Crippen LogP contribution in [0.25, 0.3) is 0 Å². The number of nitrogens with zero attached hydrogens (tertiary/aromatic N) is 2. The molecule has 1 N–H and O–H groups in total. The smallest absolute Gasteiger partial charge is 0.247 e. The molecule has 112 valence electrons. The standard InChI is InChI=1S/C11H10FN3O4S2/c1-20(16,17)8-3-4-9(12)10(7-8)21(18,19)15-11-13-5-2-6-14-11/h2-7H,1H3,(H,13,14,15). The Morgan fingerprint density at radius 2 is 1.71 bits per heavy atom. The highest BCUT2D eigenvalue weighted by atomic mass is 32.2. The third kappa shape index (κ3) is 3.52. The van der Waals surface area contributed by atoms with Gasteiger partial charge in [0.25, 0.3) is 10.0 Å². The third-order valence-corrected chi connectivity index (χ3v) is 4.87. The van der Waals surface area contributed by atoms with E-state index in [1.54, 1.807) is 0 Å². The topological polar surface area (TPSA) is 106 Å². The quantitative estimate of drug-likeness (QED) is 0.831. The molecule has 0 saturated carbocycles. The molecule has 10 heteroatoms. The third-order valence-electron chi connectivity index (χ3n) is 2.41. The number of sulfone groups is 1. The van der Waals surface area contributed by atoms with Crippen molar-refractivity contribution in [2.75, 3.05) is 11.0 Å². The molecule has 0 aliphatic carbocycles. The monoisotopic (exact) mass is 331 g/mol. The maximum Gasteiger partial charge on any atom is 0.267 e. The summed E-state index contributed by atoms with van der Waals surface area (Å²) >= 11 is 0. The number of benzene rings is 1. The van der Waals surface area contributed by atoms with Crippen LogP contribution < -0.4 is 4.72 Å². The van der Waals surface area contributed by atoms with Crippen LogP contribution in [0.1, 0.15) is 0 Å². The van der Waals surface area contributed by atoms with Crippen molar-refractivity contribution >= 4 is 25.8 Å². The van der Waals surface area contributed by atoms with Gasteiger partial charge in [0.05, 0.1) is 4.90 Å². The largest absolute Gasteiger partial charge is 0.267 e. The molecular formula is C11H10FN3O4S2. The fourth-order valence-corrected chi connectivity index (χ4v) is 3.23. The van der Waals surface area contributed by atoms with Gasteiger partial charge in [-0.2, -0.15) is 0 Å². The Hall–Kier alpha value is -2.07. The fraction of sp³-hybridized carbons (Fsp3) is 0.0909. The highest BCUT2D eigenvalue weighted by Crippen LogP contribution is 2.21. The molecule has 0 amide bonds. The molecular weight excluding hydrogens is 321 g/mol. The lowest BCUT2D eigenvalue weighted by Gasteiger charge is -2.08. The second-order valence-corrected chi connectivity index (χ2v) is 7.71. The predicted octanol–water partition coefficient (Wildman–Crippen LogP) is 0.820. The van der Waals surface area contributed by atoms with Crippen LogP contribution in [0.4, 0.5) is 10.3 Å². The van der Waals surface area contributed by atoms with Crippen molar-refractivity contribution in [2.45, 2.75) is 9.79 Å². The van der Waals surface area contributed by atoms with Crippen molar-refractivity contribution < 1.29 is 21.2 Å². The minimum absolute atomic E-state index is 0.248. The summed E-state index contributed by atoms with van der Waals surface area (Å²) in [5.41, 5.74) is 0. The molecule has 2 aromatic rings. The summed E-state index contributed by atoms with van der Waals surface area (Å²) in [7, 11) is -8.01. The second kappa shape index (κ2) is 5.37. The van der Waals surface area contributed by atoms with Crippen LogP contribution >= 0.6 is 0 Å². The van der Waals surface area contributed by atoms with E-state index in [0.717, 1.165) is 24.5 Å². The number of nitrogens with one attached hydrogen (secondary N) is 1. The van der Waals surface area contributed by atoms with Crippen molar-refractivity contribution in [2.24, 2.45) is 0 Å². The average Bonchev–Trinajstić information content (AvgIpc) is 2.38. The molecule has 0 aliphatic heterocycles. The van der Waals surface area contributed by atoms with E-state index in [1.165, 1.54) is 18.5 Å². The number of hydrogen-bond donors (Lipinski definition) is 1. The number of aromatic nitrogens is 2. The van der Waals surface area contributed by atoms with E-state index in [9.17, 15) is 21.2 Å². The van der Waals surface area contributed by atoms with Gasteiger partial charge in [0, 0.05) is 18.6 Å². The van der Waals surface area contributed by atoms with Crippen LogP contribution in [-0.2, 0) is 19.9 Å². The van der Waals surface area contributed by atoms with Gasteiger partial charge in [-0.25, -0.2) is 35.9 Å². The lowest BCUT2D eigenvalue weighted by atomic mass is 10.3. The Morgan fingerprint density at radius 1 is 1.10 bits per heavy atom. The van der Waals surface area contributed by atoms with E-state index in [2.05, 4.69) is 9.97 Å². The molecule has 0 radical (unpaired) electrons. The van der Waals surface area contributed by atoms with Crippen molar-refractivity contribution in [1.29, 1.82) is 0 Å². The van der Waals surface area contributed by atoms with Gasteiger partial charge < -0.3 is 0 Å². The molecule has 0 unspecified atom stereocenters. The Bertz CT molecular complexity index is 868. The Morgan fingerprint density at radius 3 is 2.29 bits per heavy atom. The number of sulfonamides is 1. The predicted molar refractivity (Wildman–Crippen MR) is 72.4 cm³/mol. The minimum Gasteiger partial charge on any atom is -0.247 e. The Balaban J connectivity index is 2.50. The molecule has 1 aromatic carbocycles. The van der Waals surface area contributed by atoms with Crippen LogP contribution in [0, 0.1) is 5.82 Å². The molecule has 0 saturated heterocycles. The van der Waals surface area contributed by atoms with E-state index >= 15 is 0 Å². The lowest BCUT2D eigenvalue weighted by Crippen LogP contribution is -2.17. The molecule has 0 atom stereocenters. The highest BCUT2D eigenvalue weighted by molar-refractivity contribution is 7.93. The first kappa shape index (κ1) is 15.3. The SMILES string of the molecule is CS(=O)(=O)c1ccc(F)c(S(=O)(=O)Nc2ncccn2)c1. The van der Waals surface area contributed by atoms with E-state index in [4.69, 9.17) is 0 Å². The van der Waals surface area contributed by atoms with Crippen LogP contribution in [0.2, 0.25) is 0 Å². The Labute approximate surface area is 120 Å². The maximum absolute atomic E-state index is 13.7. The molecule has 7 nitrogen and oxygen atoms in total. The van der Waals surface area contributed by atoms with Gasteiger partial charge in [-0.1, -0.05) is 0 Å². The van der Waals surface area contributed by atoms with Gasteiger partial charge in [0.1, 0.15) is 10.7 Å². The average molecular weight is 331 g/mol. The van der Waals surface area contributed by atoms with Gasteiger partial charge in [-0.05, 0) is 24.3 Å². The summed E-state index contributed by atoms with van der Waals surface area (Å²) in [6.07, 6.45) is 3.49. The molecule has 0 spiro atoms. The lowest BCUT2D eigenvalue weighted by molar-refractivity contribution is 0.567. The first-order valence-corrected chi connectivity index (χ1v) is 8.87. The normalized spacial score (nSPS) is 12.1. The van der Waals surface area contributed by atoms with Crippen LogP contribution in [-0.4, -0.2) is 33.1 Å². The molecule has 0 fully saturated rings. The summed E-state index contributed by atoms with van der Waals surface area (Å²) in [5, 5.41) is 0. The summed E-state index contributed by atoms with van der Waals surface area (Å²) < 4.78 is 62.7. The zero-order valence-electron chi connectivity index (χ0n) is 10.7. The van der Waals surface area contributed by atoms with E-state index in [-0.39, 0.29) is 10.8 Å². The number of rotatable bonds is 4. The summed E-state index contributed by atoms with van der Waals surface area (Å²) in [5.74, 6) is -1.33. The first-order chi connectivity index (χ1) is 9.70. The van der Waals surface area contributed by atoms with Crippen molar-refractivity contribution in [3.05, 3.63) is 42.5 Å². The Kier molecular flexibility index (Phi) is 3.92. The minimum atomic E-state index is -4.34. The zero-order chi connectivity index (χ0) is 15.7. The highest BCUT2D eigenvalue weighted by Gasteiger charge is 2.22. The van der Waals surface area contributed by atoms with Crippen LogP contribution in [0.3, 0.4) is 0 Å². The summed E-state index contributed by atoms with van der Waals surface area (Å²) in [4.78, 5) is 6.20. The molecule has 0 bridgehead atoms. The van der Waals surface area contributed by atoms with Gasteiger partial charge >= 0.3 is 0 Å². The van der Waals surface area contributed by atoms with Gasteiger partial charge in [-0.15, -0.1) is 0 Å². The summed E-state index contributed by atoms with van der Waals surface area (Å²) in [6.45, 7) is 0. The summed E-state index contributed by atoms with van der Waals surface area (Å²) in [6, 6.07) is 3.98. The second-order valence-electron chi connectivity index (χ2n) is 4.04. The number of halogens is 1. The first-order valence-electron chi connectivity index (χ1n) is 5.49. The fourth-order valence-electron chi connectivity index (χ4n) is 1.45. The van der Waals surface area contributed by atoms with Gasteiger partial charge in [0.2, 0.25) is 5.95 Å². The van der Waals surface area contributed by atoms with Crippen molar-refractivity contribution in [3.63, 3.8) is 0 Å². The molecule has 2 rings (SSSR count). The van der Waals surface area contributed by atoms with E-state index < -0.39 is 30.6 Å². The van der Waals surface area contributed by atoms with E-state index in [1.807, 2.05) is 4.72 Å². The zero-order valence-corrected chi connectivity index (χ0v) is 12.3.